The van der Waals surface area contributed by atoms with Crippen molar-refractivity contribution in [1.82, 2.24) is 10.2 Å². The normalized spacial score (nSPS) is 32.2. The summed E-state index contributed by atoms with van der Waals surface area (Å²) in [7, 11) is 0. The molecule has 0 amide bonds. The van der Waals surface area contributed by atoms with E-state index in [-0.39, 0.29) is 0 Å². The standard InChI is InChI=1S/C16H32N2O/c1-5-8-16(4,11-17-15-6-7-15)12-18-9-13(2)19-14(3)10-18/h13-15,17H,5-12H2,1-4H3. The lowest BCUT2D eigenvalue weighted by atomic mass is 9.84. The molecule has 0 radical (unpaired) electrons. The molecule has 2 rings (SSSR count). The van der Waals surface area contributed by atoms with Gasteiger partial charge in [0.2, 0.25) is 0 Å². The van der Waals surface area contributed by atoms with Gasteiger partial charge in [-0.15, -0.1) is 0 Å². The second kappa shape index (κ2) is 6.55. The fourth-order valence-electron chi connectivity index (χ4n) is 3.46. The van der Waals surface area contributed by atoms with Crippen LogP contribution < -0.4 is 5.32 Å². The van der Waals surface area contributed by atoms with Gasteiger partial charge < -0.3 is 10.1 Å². The number of hydrogen-bond donors (Lipinski definition) is 1. The number of morpholine rings is 1. The molecule has 1 saturated heterocycles. The summed E-state index contributed by atoms with van der Waals surface area (Å²) in [6.45, 7) is 13.7. The van der Waals surface area contributed by atoms with E-state index in [9.17, 15) is 0 Å². The largest absolute Gasteiger partial charge is 0.373 e. The van der Waals surface area contributed by atoms with E-state index >= 15 is 0 Å². The SMILES string of the molecule is CCCC(C)(CNC1CC1)CN1CC(C)OC(C)C1. The number of hydrogen-bond acceptors (Lipinski definition) is 3. The first kappa shape index (κ1) is 15.3. The van der Waals surface area contributed by atoms with Crippen molar-refractivity contribution in [2.24, 2.45) is 5.41 Å². The molecule has 2 fully saturated rings. The van der Waals surface area contributed by atoms with Crippen LogP contribution in [-0.2, 0) is 4.74 Å². The van der Waals surface area contributed by atoms with Gasteiger partial charge in [0.1, 0.15) is 0 Å². The van der Waals surface area contributed by atoms with Crippen molar-refractivity contribution in [3.8, 4) is 0 Å². The molecule has 3 atom stereocenters. The topological polar surface area (TPSA) is 24.5 Å². The molecule has 3 unspecified atom stereocenters. The molecule has 0 aromatic heterocycles. The van der Waals surface area contributed by atoms with Crippen LogP contribution in [0.5, 0.6) is 0 Å². The minimum absolute atomic E-state index is 0.381. The molecular weight excluding hydrogens is 236 g/mol. The Kier molecular flexibility index (Phi) is 5.27. The molecule has 0 aromatic carbocycles. The molecule has 1 heterocycles. The van der Waals surface area contributed by atoms with Crippen LogP contribution in [0.15, 0.2) is 0 Å². The van der Waals surface area contributed by atoms with Gasteiger partial charge in [-0.05, 0) is 38.5 Å². The van der Waals surface area contributed by atoms with Crippen molar-refractivity contribution in [3.05, 3.63) is 0 Å². The second-order valence-electron chi connectivity index (χ2n) is 7.17. The predicted octanol–water partition coefficient (Wildman–Crippen LogP) is 2.65. The maximum Gasteiger partial charge on any atom is 0.0678 e. The number of nitrogens with one attached hydrogen (secondary N) is 1. The van der Waals surface area contributed by atoms with Gasteiger partial charge in [0.25, 0.3) is 0 Å². The Morgan fingerprint density at radius 3 is 2.37 bits per heavy atom. The predicted molar refractivity (Wildman–Crippen MR) is 80.5 cm³/mol. The number of nitrogens with zero attached hydrogens (tertiary/aromatic N) is 1. The van der Waals surface area contributed by atoms with Gasteiger partial charge in [-0.1, -0.05) is 20.3 Å². The Morgan fingerprint density at radius 2 is 1.84 bits per heavy atom. The Balaban J connectivity index is 1.86. The van der Waals surface area contributed by atoms with Crippen molar-refractivity contribution in [1.29, 1.82) is 0 Å². The van der Waals surface area contributed by atoms with Crippen LogP contribution in [0.2, 0.25) is 0 Å². The first-order valence-corrected chi connectivity index (χ1v) is 8.12. The third-order valence-electron chi connectivity index (χ3n) is 4.35. The molecule has 3 heteroatoms. The molecule has 1 aliphatic carbocycles. The van der Waals surface area contributed by atoms with Gasteiger partial charge in [0, 0.05) is 32.2 Å². The van der Waals surface area contributed by atoms with Crippen LogP contribution in [0.1, 0.15) is 53.4 Å². The molecule has 1 saturated carbocycles. The van der Waals surface area contributed by atoms with E-state index in [0.717, 1.165) is 19.1 Å². The lowest BCUT2D eigenvalue weighted by Gasteiger charge is -2.41. The second-order valence-corrected chi connectivity index (χ2v) is 7.17. The summed E-state index contributed by atoms with van der Waals surface area (Å²) in [6, 6.07) is 0.818. The molecule has 0 aromatic rings. The maximum absolute atomic E-state index is 5.84. The van der Waals surface area contributed by atoms with E-state index in [1.807, 2.05) is 0 Å². The Hall–Kier alpha value is -0.120. The molecule has 0 bridgehead atoms. The monoisotopic (exact) mass is 268 g/mol. The fourth-order valence-corrected chi connectivity index (χ4v) is 3.46. The molecule has 3 nitrogen and oxygen atoms in total. The van der Waals surface area contributed by atoms with Crippen molar-refractivity contribution >= 4 is 0 Å². The highest BCUT2D eigenvalue weighted by Crippen LogP contribution is 2.28. The van der Waals surface area contributed by atoms with Crippen molar-refractivity contribution in [2.75, 3.05) is 26.2 Å². The molecule has 112 valence electrons. The van der Waals surface area contributed by atoms with E-state index in [4.69, 9.17) is 4.74 Å². The smallest absolute Gasteiger partial charge is 0.0678 e. The van der Waals surface area contributed by atoms with Crippen LogP contribution in [0.25, 0.3) is 0 Å². The highest BCUT2D eigenvalue weighted by molar-refractivity contribution is 4.88. The molecule has 19 heavy (non-hydrogen) atoms. The van der Waals surface area contributed by atoms with E-state index in [2.05, 4.69) is 37.9 Å². The third-order valence-corrected chi connectivity index (χ3v) is 4.35. The molecule has 1 N–H and O–H groups in total. The highest BCUT2D eigenvalue weighted by atomic mass is 16.5. The highest BCUT2D eigenvalue weighted by Gasteiger charge is 2.32. The van der Waals surface area contributed by atoms with Gasteiger partial charge in [0.05, 0.1) is 12.2 Å². The van der Waals surface area contributed by atoms with Crippen LogP contribution in [0.4, 0.5) is 0 Å². The van der Waals surface area contributed by atoms with E-state index in [0.29, 0.717) is 17.6 Å². The Bertz CT molecular complexity index is 270. The summed E-state index contributed by atoms with van der Waals surface area (Å²) >= 11 is 0. The van der Waals surface area contributed by atoms with Crippen LogP contribution in [0.3, 0.4) is 0 Å². The van der Waals surface area contributed by atoms with Gasteiger partial charge in [-0.2, -0.15) is 0 Å². The van der Waals surface area contributed by atoms with Crippen LogP contribution in [-0.4, -0.2) is 49.3 Å². The molecule has 2 aliphatic rings. The van der Waals surface area contributed by atoms with Gasteiger partial charge in [-0.25, -0.2) is 0 Å². The average Bonchev–Trinajstić information content (AvgIpc) is 3.08. The summed E-state index contributed by atoms with van der Waals surface area (Å²) < 4.78 is 5.84. The molecule has 0 spiro atoms. The van der Waals surface area contributed by atoms with Crippen LogP contribution >= 0.6 is 0 Å². The number of ether oxygens (including phenoxy) is 1. The number of rotatable bonds is 7. The lowest BCUT2D eigenvalue weighted by Crippen LogP contribution is -2.51. The summed E-state index contributed by atoms with van der Waals surface area (Å²) in [4.78, 5) is 2.61. The molecule has 1 aliphatic heterocycles. The minimum atomic E-state index is 0.381. The summed E-state index contributed by atoms with van der Waals surface area (Å²) in [5.74, 6) is 0. The maximum atomic E-state index is 5.84. The van der Waals surface area contributed by atoms with E-state index < -0.39 is 0 Å². The summed E-state index contributed by atoms with van der Waals surface area (Å²) in [6.07, 6.45) is 6.12. The summed E-state index contributed by atoms with van der Waals surface area (Å²) in [5.41, 5.74) is 0.411. The van der Waals surface area contributed by atoms with Gasteiger partial charge in [0.15, 0.2) is 0 Å². The van der Waals surface area contributed by atoms with Gasteiger partial charge >= 0.3 is 0 Å². The third kappa shape index (κ3) is 5.05. The first-order chi connectivity index (χ1) is 9.00. The van der Waals surface area contributed by atoms with Gasteiger partial charge in [-0.3, -0.25) is 4.90 Å². The van der Waals surface area contributed by atoms with Crippen molar-refractivity contribution in [2.45, 2.75) is 71.6 Å². The van der Waals surface area contributed by atoms with Crippen LogP contribution in [0, 0.1) is 5.41 Å². The first-order valence-electron chi connectivity index (χ1n) is 8.12. The Morgan fingerprint density at radius 1 is 1.21 bits per heavy atom. The zero-order chi connectivity index (χ0) is 13.9. The van der Waals surface area contributed by atoms with E-state index in [1.165, 1.54) is 38.8 Å². The zero-order valence-electron chi connectivity index (χ0n) is 13.2. The summed E-state index contributed by atoms with van der Waals surface area (Å²) in [5, 5.41) is 3.74. The average molecular weight is 268 g/mol. The van der Waals surface area contributed by atoms with E-state index in [1.54, 1.807) is 0 Å². The lowest BCUT2D eigenvalue weighted by molar-refractivity contribution is -0.0771. The van der Waals surface area contributed by atoms with Crippen molar-refractivity contribution in [3.63, 3.8) is 0 Å². The van der Waals surface area contributed by atoms with Crippen molar-refractivity contribution < 1.29 is 4.74 Å². The Labute approximate surface area is 119 Å². The zero-order valence-corrected chi connectivity index (χ0v) is 13.2. The molecular formula is C16H32N2O. The fraction of sp³-hybridized carbons (Fsp3) is 1.00. The quantitative estimate of drug-likeness (QED) is 0.768. The minimum Gasteiger partial charge on any atom is -0.373 e.